The molecule has 0 aliphatic carbocycles. The molecule has 0 unspecified atom stereocenters. The Morgan fingerprint density at radius 3 is 2.65 bits per heavy atom. The van der Waals surface area contributed by atoms with E-state index < -0.39 is 0 Å². The number of nitrogens with two attached hydrogens (primary N) is 1. The first-order chi connectivity index (χ1) is 7.87. The molecule has 0 saturated carbocycles. The second-order valence-electron chi connectivity index (χ2n) is 4.68. The minimum Gasteiger partial charge on any atom is -0.389 e. The Labute approximate surface area is 113 Å². The fourth-order valence-electron chi connectivity index (χ4n) is 1.48. The predicted molar refractivity (Wildman–Crippen MR) is 83.2 cm³/mol. The molecule has 0 radical (unpaired) electrons. The summed E-state index contributed by atoms with van der Waals surface area (Å²) < 4.78 is 0.190. The van der Waals surface area contributed by atoms with E-state index in [0.29, 0.717) is 4.99 Å². The fourth-order valence-corrected chi connectivity index (χ4v) is 1.87. The first-order valence-corrected chi connectivity index (χ1v) is 7.19. The van der Waals surface area contributed by atoms with Crippen LogP contribution in [-0.4, -0.2) is 22.5 Å². The molecule has 17 heavy (non-hydrogen) atoms. The molecule has 0 spiro atoms. The number of thiocarbonyl (C=S) groups is 1. The van der Waals surface area contributed by atoms with Crippen molar-refractivity contribution in [1.82, 2.24) is 0 Å². The minimum absolute atomic E-state index is 0.190. The number of benzene rings is 1. The number of nitrogens with one attached hydrogen (secondary N) is 1. The van der Waals surface area contributed by atoms with Crippen LogP contribution < -0.4 is 11.1 Å². The van der Waals surface area contributed by atoms with Gasteiger partial charge < -0.3 is 11.1 Å². The molecule has 1 aromatic rings. The van der Waals surface area contributed by atoms with Crippen molar-refractivity contribution < 1.29 is 0 Å². The minimum atomic E-state index is 0.190. The number of hydrogen-bond acceptors (Lipinski definition) is 3. The van der Waals surface area contributed by atoms with Crippen LogP contribution in [0.2, 0.25) is 0 Å². The van der Waals surface area contributed by atoms with Crippen molar-refractivity contribution >= 4 is 34.7 Å². The quantitative estimate of drug-likeness (QED) is 0.804. The monoisotopic (exact) mass is 268 g/mol. The summed E-state index contributed by atoms with van der Waals surface area (Å²) in [5.41, 5.74) is 8.90. The summed E-state index contributed by atoms with van der Waals surface area (Å²) in [6.45, 7) is 7.37. The summed E-state index contributed by atoms with van der Waals surface area (Å²) in [7, 11) is 0. The summed E-state index contributed by atoms with van der Waals surface area (Å²) in [6, 6.07) is 6.01. The highest BCUT2D eigenvalue weighted by atomic mass is 32.2. The molecule has 3 N–H and O–H groups in total. The lowest BCUT2D eigenvalue weighted by molar-refractivity contribution is 0.752. The largest absolute Gasteiger partial charge is 0.389 e. The Kier molecular flexibility index (Phi) is 4.83. The van der Waals surface area contributed by atoms with Crippen molar-refractivity contribution in [3.8, 4) is 0 Å². The molecule has 1 aromatic carbocycles. The molecule has 0 atom stereocenters. The van der Waals surface area contributed by atoms with Crippen molar-refractivity contribution in [3.63, 3.8) is 0 Å². The van der Waals surface area contributed by atoms with E-state index in [0.717, 1.165) is 17.8 Å². The number of para-hydroxylation sites is 1. The molecule has 0 amide bonds. The van der Waals surface area contributed by atoms with E-state index in [9.17, 15) is 0 Å². The molecule has 4 heteroatoms. The van der Waals surface area contributed by atoms with Crippen LogP contribution in [-0.2, 0) is 0 Å². The molecule has 0 heterocycles. The average molecular weight is 268 g/mol. The van der Waals surface area contributed by atoms with Crippen molar-refractivity contribution in [2.24, 2.45) is 5.73 Å². The van der Waals surface area contributed by atoms with Gasteiger partial charge in [-0.1, -0.05) is 24.4 Å². The van der Waals surface area contributed by atoms with Gasteiger partial charge in [0.05, 0.1) is 0 Å². The van der Waals surface area contributed by atoms with Gasteiger partial charge in [-0.15, -0.1) is 0 Å². The topological polar surface area (TPSA) is 38.0 Å². The SMILES string of the molecule is CSC(C)(C)CNc1c(C)cccc1C(N)=S. The van der Waals surface area contributed by atoms with E-state index >= 15 is 0 Å². The number of anilines is 1. The Morgan fingerprint density at radius 1 is 1.47 bits per heavy atom. The van der Waals surface area contributed by atoms with Crippen LogP contribution in [0.1, 0.15) is 25.0 Å². The summed E-state index contributed by atoms with van der Waals surface area (Å²) in [5.74, 6) is 0. The predicted octanol–water partition coefficient (Wildman–Crippen LogP) is 3.18. The van der Waals surface area contributed by atoms with Crippen LogP contribution in [0.15, 0.2) is 18.2 Å². The van der Waals surface area contributed by atoms with Crippen molar-refractivity contribution in [1.29, 1.82) is 0 Å². The molecule has 0 fully saturated rings. The molecule has 0 saturated heterocycles. The molecular formula is C13H20N2S2. The summed E-state index contributed by atoms with van der Waals surface area (Å²) in [4.78, 5) is 0.443. The maximum absolute atomic E-state index is 5.74. The van der Waals surface area contributed by atoms with Gasteiger partial charge in [-0.3, -0.25) is 0 Å². The molecule has 0 aliphatic heterocycles. The molecular weight excluding hydrogens is 248 g/mol. The van der Waals surface area contributed by atoms with Crippen molar-refractivity contribution in [3.05, 3.63) is 29.3 Å². The third-order valence-electron chi connectivity index (χ3n) is 2.78. The van der Waals surface area contributed by atoms with Crippen LogP contribution >= 0.6 is 24.0 Å². The third kappa shape index (κ3) is 3.89. The van der Waals surface area contributed by atoms with E-state index in [1.165, 1.54) is 5.56 Å². The number of aryl methyl sites for hydroxylation is 1. The van der Waals surface area contributed by atoms with Gasteiger partial charge >= 0.3 is 0 Å². The first kappa shape index (κ1) is 14.3. The first-order valence-electron chi connectivity index (χ1n) is 5.56. The molecule has 0 aliphatic rings. The normalized spacial score (nSPS) is 11.3. The van der Waals surface area contributed by atoms with E-state index in [-0.39, 0.29) is 4.75 Å². The van der Waals surface area contributed by atoms with Gasteiger partial charge in [0.25, 0.3) is 0 Å². The van der Waals surface area contributed by atoms with Crippen molar-refractivity contribution in [2.45, 2.75) is 25.5 Å². The maximum Gasteiger partial charge on any atom is 0.106 e. The Bertz CT molecular complexity index is 414. The summed E-state index contributed by atoms with van der Waals surface area (Å²) in [6.07, 6.45) is 2.12. The van der Waals surface area contributed by atoms with Gasteiger partial charge in [0.15, 0.2) is 0 Å². The Balaban J connectivity index is 2.94. The lowest BCUT2D eigenvalue weighted by Crippen LogP contribution is -2.27. The second kappa shape index (κ2) is 5.74. The third-order valence-corrected chi connectivity index (χ3v) is 4.25. The lowest BCUT2D eigenvalue weighted by atomic mass is 10.1. The molecule has 1 rings (SSSR count). The highest BCUT2D eigenvalue weighted by Crippen LogP contribution is 2.25. The Hall–Kier alpha value is -0.740. The molecule has 94 valence electrons. The summed E-state index contributed by atoms with van der Waals surface area (Å²) >= 11 is 6.92. The van der Waals surface area contributed by atoms with Crippen LogP contribution in [0.3, 0.4) is 0 Å². The van der Waals surface area contributed by atoms with Gasteiger partial charge in [0, 0.05) is 22.5 Å². The standard InChI is InChI=1S/C13H20N2S2/c1-9-6-5-7-10(12(14)16)11(9)15-8-13(2,3)17-4/h5-7,15H,8H2,1-4H3,(H2,14,16). The average Bonchev–Trinajstić information content (AvgIpc) is 2.27. The van der Waals surface area contributed by atoms with Gasteiger partial charge in [-0.25, -0.2) is 0 Å². The van der Waals surface area contributed by atoms with E-state index in [1.807, 2.05) is 23.9 Å². The number of hydrogen-bond donors (Lipinski definition) is 2. The molecule has 0 bridgehead atoms. The summed E-state index contributed by atoms with van der Waals surface area (Å²) in [5, 5.41) is 3.47. The van der Waals surface area contributed by atoms with Crippen LogP contribution in [0.25, 0.3) is 0 Å². The fraction of sp³-hybridized carbons (Fsp3) is 0.462. The Morgan fingerprint density at radius 2 is 2.12 bits per heavy atom. The zero-order valence-corrected chi connectivity index (χ0v) is 12.5. The van der Waals surface area contributed by atoms with Crippen LogP contribution in [0, 0.1) is 6.92 Å². The maximum atomic E-state index is 5.74. The van der Waals surface area contributed by atoms with Gasteiger partial charge in [-0.05, 0) is 38.7 Å². The zero-order chi connectivity index (χ0) is 13.1. The highest BCUT2D eigenvalue weighted by Gasteiger charge is 2.17. The molecule has 2 nitrogen and oxygen atoms in total. The van der Waals surface area contributed by atoms with Crippen LogP contribution in [0.5, 0.6) is 0 Å². The van der Waals surface area contributed by atoms with E-state index in [4.69, 9.17) is 18.0 Å². The van der Waals surface area contributed by atoms with Gasteiger partial charge in [0.1, 0.15) is 4.99 Å². The zero-order valence-electron chi connectivity index (χ0n) is 10.8. The van der Waals surface area contributed by atoms with Crippen LogP contribution in [0.4, 0.5) is 5.69 Å². The van der Waals surface area contributed by atoms with E-state index in [1.54, 1.807) is 0 Å². The second-order valence-corrected chi connectivity index (χ2v) is 6.63. The van der Waals surface area contributed by atoms with Crippen molar-refractivity contribution in [2.75, 3.05) is 18.1 Å². The molecule has 0 aromatic heterocycles. The van der Waals surface area contributed by atoms with E-state index in [2.05, 4.69) is 38.4 Å². The smallest absolute Gasteiger partial charge is 0.106 e. The highest BCUT2D eigenvalue weighted by molar-refractivity contribution is 7.99. The van der Waals surface area contributed by atoms with Gasteiger partial charge in [0.2, 0.25) is 0 Å². The number of rotatable bonds is 5. The number of thioether (sulfide) groups is 1. The van der Waals surface area contributed by atoms with Gasteiger partial charge in [-0.2, -0.15) is 11.8 Å². The lowest BCUT2D eigenvalue weighted by Gasteiger charge is -2.24.